The molecule has 7 nitrogen and oxygen atoms in total. The molecule has 132 valence electrons. The second kappa shape index (κ2) is 8.65. The van der Waals surface area contributed by atoms with Crippen LogP contribution in [0.15, 0.2) is 60.3 Å². The summed E-state index contributed by atoms with van der Waals surface area (Å²) in [6.45, 7) is 1.80. The van der Waals surface area contributed by atoms with E-state index < -0.39 is 10.8 Å². The lowest BCUT2D eigenvalue weighted by Crippen LogP contribution is -2.28. The van der Waals surface area contributed by atoms with Crippen LogP contribution in [0.5, 0.6) is 0 Å². The van der Waals surface area contributed by atoms with E-state index in [2.05, 4.69) is 10.6 Å². The molecule has 8 heteroatoms. The second-order valence-corrected chi connectivity index (χ2v) is 5.75. The average Bonchev–Trinajstić information content (AvgIpc) is 2.64. The van der Waals surface area contributed by atoms with Crippen LogP contribution in [0.2, 0.25) is 5.02 Å². The minimum atomic E-state index is -0.571. The van der Waals surface area contributed by atoms with Crippen molar-refractivity contribution in [2.45, 2.75) is 13.0 Å². The third-order valence-electron chi connectivity index (χ3n) is 3.55. The monoisotopic (exact) mass is 370 g/mol. The molecule has 1 atom stereocenters. The fraction of sp³-hybridized carbons (Fsp3) is 0.111. The molecule has 2 N–H and O–H groups in total. The van der Waals surface area contributed by atoms with Gasteiger partial charge in [0.25, 0.3) is 11.6 Å². The van der Waals surface area contributed by atoms with Crippen molar-refractivity contribution < 1.29 is 9.72 Å². The van der Waals surface area contributed by atoms with E-state index in [-0.39, 0.29) is 28.0 Å². The Labute approximate surface area is 155 Å². The van der Waals surface area contributed by atoms with Crippen molar-refractivity contribution in [3.8, 4) is 6.07 Å². The van der Waals surface area contributed by atoms with Crippen LogP contribution in [-0.4, -0.2) is 10.8 Å². The number of hydrogen-bond donors (Lipinski definition) is 2. The van der Waals surface area contributed by atoms with Gasteiger partial charge in [0.2, 0.25) is 0 Å². The van der Waals surface area contributed by atoms with Gasteiger partial charge in [-0.15, -0.1) is 0 Å². The van der Waals surface area contributed by atoms with Crippen molar-refractivity contribution in [3.05, 3.63) is 81.0 Å². The number of carbonyl (C=O) groups excluding carboxylic acids is 1. The number of nitro benzene ring substituents is 1. The second-order valence-electron chi connectivity index (χ2n) is 5.34. The molecule has 0 aliphatic rings. The van der Waals surface area contributed by atoms with Gasteiger partial charge in [0.15, 0.2) is 0 Å². The molecule has 0 saturated carbocycles. The maximum absolute atomic E-state index is 12.3. The predicted octanol–water partition coefficient (Wildman–Crippen LogP) is 3.94. The molecule has 0 bridgehead atoms. The Morgan fingerprint density at radius 1 is 1.31 bits per heavy atom. The molecule has 0 spiro atoms. The molecule has 2 aromatic rings. The van der Waals surface area contributed by atoms with Crippen LogP contribution in [0, 0.1) is 21.4 Å². The number of amides is 1. The Hall–Kier alpha value is -3.37. The van der Waals surface area contributed by atoms with Gasteiger partial charge in [-0.05, 0) is 18.6 Å². The van der Waals surface area contributed by atoms with Crippen LogP contribution in [0.1, 0.15) is 18.5 Å². The predicted molar refractivity (Wildman–Crippen MR) is 98.4 cm³/mol. The number of rotatable bonds is 6. The number of hydrogen-bond acceptors (Lipinski definition) is 5. The Kier molecular flexibility index (Phi) is 6.31. The Balaban J connectivity index is 2.13. The standard InChI is InChI=1S/C18H15ClN4O3/c1-12(13-5-3-2-4-6-13)22-18(24)14(10-20)11-21-17-9-15(23(25)26)7-8-16(17)19/h2-9,11-12,21H,1H3,(H,22,24)/b14-11-. The van der Waals surface area contributed by atoms with Crippen molar-refractivity contribution in [2.75, 3.05) is 5.32 Å². The summed E-state index contributed by atoms with van der Waals surface area (Å²) in [6.07, 6.45) is 1.16. The highest BCUT2D eigenvalue weighted by atomic mass is 35.5. The van der Waals surface area contributed by atoms with Crippen molar-refractivity contribution in [1.29, 1.82) is 5.26 Å². The maximum Gasteiger partial charge on any atom is 0.271 e. The molecular formula is C18H15ClN4O3. The SMILES string of the molecule is CC(NC(=O)/C(C#N)=C\Nc1cc([N+](=O)[O-])ccc1Cl)c1ccccc1. The third kappa shape index (κ3) is 4.82. The first-order chi connectivity index (χ1) is 12.4. The lowest BCUT2D eigenvalue weighted by molar-refractivity contribution is -0.384. The number of benzene rings is 2. The van der Waals surface area contributed by atoms with E-state index in [1.165, 1.54) is 18.2 Å². The number of nitriles is 1. The topological polar surface area (TPSA) is 108 Å². The molecule has 0 fully saturated rings. The summed E-state index contributed by atoms with van der Waals surface area (Å²) in [7, 11) is 0. The fourth-order valence-electron chi connectivity index (χ4n) is 2.14. The van der Waals surface area contributed by atoms with Gasteiger partial charge in [-0.1, -0.05) is 41.9 Å². The highest BCUT2D eigenvalue weighted by Crippen LogP contribution is 2.26. The Morgan fingerprint density at radius 3 is 2.62 bits per heavy atom. The van der Waals surface area contributed by atoms with E-state index in [0.29, 0.717) is 0 Å². The minimum Gasteiger partial charge on any atom is -0.359 e. The van der Waals surface area contributed by atoms with E-state index in [9.17, 15) is 20.2 Å². The molecule has 0 radical (unpaired) electrons. The van der Waals surface area contributed by atoms with Gasteiger partial charge in [-0.3, -0.25) is 14.9 Å². The molecular weight excluding hydrogens is 356 g/mol. The molecule has 0 aromatic heterocycles. The summed E-state index contributed by atoms with van der Waals surface area (Å²) in [5.74, 6) is -0.571. The van der Waals surface area contributed by atoms with Gasteiger partial charge in [0.05, 0.1) is 21.7 Å². The van der Waals surface area contributed by atoms with Gasteiger partial charge in [-0.2, -0.15) is 5.26 Å². The van der Waals surface area contributed by atoms with Crippen LogP contribution in [0.25, 0.3) is 0 Å². The number of non-ortho nitro benzene ring substituents is 1. The summed E-state index contributed by atoms with van der Waals surface area (Å²) >= 11 is 5.97. The van der Waals surface area contributed by atoms with Crippen LogP contribution < -0.4 is 10.6 Å². The first kappa shape index (κ1) is 19.0. The first-order valence-electron chi connectivity index (χ1n) is 7.59. The van der Waals surface area contributed by atoms with Crippen LogP contribution in [0.3, 0.4) is 0 Å². The normalized spacial score (nSPS) is 12.0. The van der Waals surface area contributed by atoms with Gasteiger partial charge >= 0.3 is 0 Å². The van der Waals surface area contributed by atoms with E-state index in [0.717, 1.165) is 11.8 Å². The lowest BCUT2D eigenvalue weighted by atomic mass is 10.1. The van der Waals surface area contributed by atoms with Crippen molar-refractivity contribution >= 4 is 28.9 Å². The minimum absolute atomic E-state index is 0.161. The zero-order chi connectivity index (χ0) is 19.1. The number of halogens is 1. The van der Waals surface area contributed by atoms with Crippen molar-refractivity contribution in [1.82, 2.24) is 5.32 Å². The largest absolute Gasteiger partial charge is 0.359 e. The van der Waals surface area contributed by atoms with Gasteiger partial charge in [0, 0.05) is 18.3 Å². The number of carbonyl (C=O) groups is 1. The maximum atomic E-state index is 12.3. The van der Waals surface area contributed by atoms with Crippen LogP contribution in [-0.2, 0) is 4.79 Å². The smallest absolute Gasteiger partial charge is 0.271 e. The fourth-order valence-corrected chi connectivity index (χ4v) is 2.31. The van der Waals surface area contributed by atoms with Gasteiger partial charge < -0.3 is 10.6 Å². The van der Waals surface area contributed by atoms with E-state index >= 15 is 0 Å². The Morgan fingerprint density at radius 2 is 2.00 bits per heavy atom. The quantitative estimate of drug-likeness (QED) is 0.346. The zero-order valence-corrected chi connectivity index (χ0v) is 14.5. The van der Waals surface area contributed by atoms with Gasteiger partial charge in [0.1, 0.15) is 11.6 Å². The van der Waals surface area contributed by atoms with E-state index in [4.69, 9.17) is 11.6 Å². The molecule has 26 heavy (non-hydrogen) atoms. The summed E-state index contributed by atoms with van der Waals surface area (Å²) < 4.78 is 0. The summed E-state index contributed by atoms with van der Waals surface area (Å²) in [5, 5.41) is 25.6. The highest BCUT2D eigenvalue weighted by Gasteiger charge is 2.14. The van der Waals surface area contributed by atoms with Gasteiger partial charge in [-0.25, -0.2) is 0 Å². The summed E-state index contributed by atoms with van der Waals surface area (Å²) in [6, 6.07) is 14.6. The molecule has 0 aliphatic carbocycles. The highest BCUT2D eigenvalue weighted by molar-refractivity contribution is 6.33. The number of nitrogens with zero attached hydrogens (tertiary/aromatic N) is 2. The van der Waals surface area contributed by atoms with E-state index in [1.54, 1.807) is 13.0 Å². The summed E-state index contributed by atoms with van der Waals surface area (Å²) in [5.41, 5.74) is 0.770. The van der Waals surface area contributed by atoms with Crippen LogP contribution >= 0.6 is 11.6 Å². The molecule has 1 unspecified atom stereocenters. The van der Waals surface area contributed by atoms with Crippen LogP contribution in [0.4, 0.5) is 11.4 Å². The third-order valence-corrected chi connectivity index (χ3v) is 3.87. The Bertz CT molecular complexity index is 891. The number of nitro groups is 1. The van der Waals surface area contributed by atoms with Crippen molar-refractivity contribution in [2.24, 2.45) is 0 Å². The molecule has 2 aromatic carbocycles. The molecule has 0 heterocycles. The molecule has 1 amide bonds. The molecule has 0 saturated heterocycles. The first-order valence-corrected chi connectivity index (χ1v) is 7.96. The molecule has 0 aliphatic heterocycles. The zero-order valence-electron chi connectivity index (χ0n) is 13.8. The number of anilines is 1. The van der Waals surface area contributed by atoms with E-state index in [1.807, 2.05) is 30.3 Å². The average molecular weight is 371 g/mol. The summed E-state index contributed by atoms with van der Waals surface area (Å²) in [4.78, 5) is 22.5. The number of nitrogens with one attached hydrogen (secondary N) is 2. The molecule has 2 rings (SSSR count). The van der Waals surface area contributed by atoms with Crippen molar-refractivity contribution in [3.63, 3.8) is 0 Å². The lowest BCUT2D eigenvalue weighted by Gasteiger charge is -2.14.